The van der Waals surface area contributed by atoms with Gasteiger partial charge in [0.1, 0.15) is 0 Å². The van der Waals surface area contributed by atoms with E-state index in [9.17, 15) is 30.4 Å². The molecule has 29 heavy (non-hydrogen) atoms. The predicted molar refractivity (Wildman–Crippen MR) is 98.8 cm³/mol. The first-order chi connectivity index (χ1) is 13.5. The summed E-state index contributed by atoms with van der Waals surface area (Å²) in [6, 6.07) is 3.41. The van der Waals surface area contributed by atoms with Crippen LogP contribution < -0.4 is 10.6 Å². The zero-order valence-corrected chi connectivity index (χ0v) is 16.7. The topological polar surface area (TPSA) is 73.8 Å². The highest BCUT2D eigenvalue weighted by Crippen LogP contribution is 2.29. The molecule has 12 heteroatoms. The molecule has 2 rings (SSSR count). The second kappa shape index (κ2) is 9.24. The number of nitrogens with one attached hydrogen (secondary N) is 2. The second-order valence-electron chi connectivity index (χ2n) is 6.80. The van der Waals surface area contributed by atoms with Gasteiger partial charge < -0.3 is 10.6 Å². The molecule has 1 fully saturated rings. The third-order valence-corrected chi connectivity index (χ3v) is 6.37. The van der Waals surface area contributed by atoms with Crippen LogP contribution >= 0.6 is 0 Å². The van der Waals surface area contributed by atoms with Gasteiger partial charge >= 0.3 is 15.5 Å². The van der Waals surface area contributed by atoms with Gasteiger partial charge in [0.2, 0.25) is 0 Å². The first-order valence-corrected chi connectivity index (χ1v) is 10.4. The maximum absolute atomic E-state index is 13.4. The van der Waals surface area contributed by atoms with Gasteiger partial charge in [-0.3, -0.25) is 4.99 Å². The van der Waals surface area contributed by atoms with Crippen molar-refractivity contribution in [1.82, 2.24) is 14.9 Å². The van der Waals surface area contributed by atoms with Crippen molar-refractivity contribution in [2.45, 2.75) is 37.2 Å². The van der Waals surface area contributed by atoms with Gasteiger partial charge in [-0.15, -0.1) is 0 Å². The Bertz CT molecular complexity index is 837. The molecule has 0 aromatic heterocycles. The van der Waals surface area contributed by atoms with Crippen LogP contribution in [-0.4, -0.2) is 56.9 Å². The highest BCUT2D eigenvalue weighted by molar-refractivity contribution is 7.90. The number of benzene rings is 1. The Morgan fingerprint density at radius 3 is 2.38 bits per heavy atom. The number of rotatable bonds is 5. The van der Waals surface area contributed by atoms with Crippen LogP contribution in [0.15, 0.2) is 23.2 Å². The van der Waals surface area contributed by atoms with Crippen molar-refractivity contribution in [3.05, 3.63) is 35.4 Å². The fourth-order valence-corrected chi connectivity index (χ4v) is 3.95. The first kappa shape index (κ1) is 23.3. The third kappa shape index (κ3) is 5.78. The van der Waals surface area contributed by atoms with Gasteiger partial charge in [0.05, 0.1) is 0 Å². The third-order valence-electron chi connectivity index (χ3n) is 4.74. The molecule has 0 radical (unpaired) electrons. The van der Waals surface area contributed by atoms with Gasteiger partial charge in [0.15, 0.2) is 17.6 Å². The Morgan fingerprint density at radius 2 is 1.86 bits per heavy atom. The summed E-state index contributed by atoms with van der Waals surface area (Å²) in [5.74, 6) is -1.64. The molecule has 1 aromatic carbocycles. The van der Waals surface area contributed by atoms with Gasteiger partial charge in [0.25, 0.3) is 0 Å². The molecule has 6 nitrogen and oxygen atoms in total. The lowest BCUT2D eigenvalue weighted by Gasteiger charge is -2.32. The lowest BCUT2D eigenvalue weighted by molar-refractivity contribution is -0.0494. The molecule has 1 saturated heterocycles. The number of guanidine groups is 1. The average molecular weight is 442 g/mol. The van der Waals surface area contributed by atoms with Crippen LogP contribution in [0.1, 0.15) is 31.2 Å². The van der Waals surface area contributed by atoms with Crippen molar-refractivity contribution in [1.29, 1.82) is 0 Å². The first-order valence-electron chi connectivity index (χ1n) is 8.94. The van der Waals surface area contributed by atoms with Crippen molar-refractivity contribution in [3.8, 4) is 0 Å². The summed E-state index contributed by atoms with van der Waals surface area (Å²) in [5.41, 5.74) is -4.71. The van der Waals surface area contributed by atoms with E-state index in [0.29, 0.717) is 22.4 Å². The quantitative estimate of drug-likeness (QED) is 0.418. The molecular formula is C17H23F5N4O2S. The van der Waals surface area contributed by atoms with E-state index in [0.717, 1.165) is 12.1 Å². The van der Waals surface area contributed by atoms with Crippen LogP contribution in [0.4, 0.5) is 22.0 Å². The molecule has 0 spiro atoms. The summed E-state index contributed by atoms with van der Waals surface area (Å²) in [5, 5.41) is 6.07. The molecule has 0 aliphatic carbocycles. The maximum Gasteiger partial charge on any atom is 0.511 e. The summed E-state index contributed by atoms with van der Waals surface area (Å²) in [7, 11) is -3.80. The van der Waals surface area contributed by atoms with Gasteiger partial charge in [-0.05, 0) is 36.5 Å². The number of halogens is 5. The minimum Gasteiger partial charge on any atom is -0.356 e. The Balaban J connectivity index is 1.86. The molecule has 1 atom stereocenters. The fourth-order valence-electron chi connectivity index (χ4n) is 2.96. The van der Waals surface area contributed by atoms with E-state index in [-0.39, 0.29) is 37.9 Å². The standard InChI is InChI=1S/C17H23F5N4O2S/c1-11(12-3-4-14(18)15(19)9-12)10-24-16(23-2)25-13-5-7-26(8-6-13)29(27,28)17(20,21)22/h3-4,9,11,13H,5-8,10H2,1-2H3,(H2,23,24,25). The molecular weight excluding hydrogens is 419 g/mol. The molecule has 164 valence electrons. The summed E-state index contributed by atoms with van der Waals surface area (Å²) in [4.78, 5) is 4.03. The maximum atomic E-state index is 13.4. The van der Waals surface area contributed by atoms with Crippen LogP contribution in [0.5, 0.6) is 0 Å². The van der Waals surface area contributed by atoms with E-state index in [1.807, 2.05) is 6.92 Å². The number of hydrogen-bond donors (Lipinski definition) is 2. The Morgan fingerprint density at radius 1 is 1.24 bits per heavy atom. The normalized spacial score (nSPS) is 18.5. The molecule has 1 aliphatic rings. The van der Waals surface area contributed by atoms with Crippen LogP contribution in [-0.2, 0) is 10.0 Å². The number of nitrogens with zero attached hydrogens (tertiary/aromatic N) is 2. The predicted octanol–water partition coefficient (Wildman–Crippen LogP) is 2.55. The number of hydrogen-bond acceptors (Lipinski definition) is 3. The minimum atomic E-state index is -5.31. The zero-order chi connectivity index (χ0) is 21.8. The van der Waals surface area contributed by atoms with E-state index >= 15 is 0 Å². The van der Waals surface area contributed by atoms with Crippen molar-refractivity contribution in [2.75, 3.05) is 26.7 Å². The average Bonchev–Trinajstić information content (AvgIpc) is 2.66. The van der Waals surface area contributed by atoms with Gasteiger partial charge in [0, 0.05) is 32.7 Å². The van der Waals surface area contributed by atoms with Crippen LogP contribution in [0.2, 0.25) is 0 Å². The smallest absolute Gasteiger partial charge is 0.356 e. The van der Waals surface area contributed by atoms with Crippen molar-refractivity contribution >= 4 is 16.0 Å². The van der Waals surface area contributed by atoms with Crippen LogP contribution in [0, 0.1) is 11.6 Å². The van der Waals surface area contributed by atoms with E-state index < -0.39 is 27.2 Å². The number of aliphatic imine (C=N–C) groups is 1. The SMILES string of the molecule is CN=C(NCC(C)c1ccc(F)c(F)c1)NC1CCN(S(=O)(=O)C(F)(F)F)CC1. The van der Waals surface area contributed by atoms with E-state index in [2.05, 4.69) is 15.6 Å². The highest BCUT2D eigenvalue weighted by atomic mass is 32.2. The molecule has 1 unspecified atom stereocenters. The van der Waals surface area contributed by atoms with Gasteiger partial charge in [-0.2, -0.15) is 17.5 Å². The number of sulfonamides is 1. The second-order valence-corrected chi connectivity index (χ2v) is 8.73. The van der Waals surface area contributed by atoms with Gasteiger partial charge in [-0.1, -0.05) is 13.0 Å². The van der Waals surface area contributed by atoms with Crippen molar-refractivity contribution in [3.63, 3.8) is 0 Å². The highest BCUT2D eigenvalue weighted by Gasteiger charge is 2.50. The van der Waals surface area contributed by atoms with E-state index in [1.165, 1.54) is 13.1 Å². The monoisotopic (exact) mass is 442 g/mol. The summed E-state index contributed by atoms with van der Waals surface area (Å²) in [6.07, 6.45) is 0.378. The van der Waals surface area contributed by atoms with E-state index in [4.69, 9.17) is 0 Å². The summed E-state index contributed by atoms with van der Waals surface area (Å²) < 4.78 is 87.6. The molecule has 2 N–H and O–H groups in total. The summed E-state index contributed by atoms with van der Waals surface area (Å²) in [6.45, 7) is 1.67. The fraction of sp³-hybridized carbons (Fsp3) is 0.588. The van der Waals surface area contributed by atoms with Crippen LogP contribution in [0.25, 0.3) is 0 Å². The number of alkyl halides is 3. The van der Waals surface area contributed by atoms with Crippen LogP contribution in [0.3, 0.4) is 0 Å². The molecule has 1 aromatic rings. The molecule has 0 saturated carbocycles. The minimum absolute atomic E-state index is 0.164. The largest absolute Gasteiger partial charge is 0.511 e. The van der Waals surface area contributed by atoms with Gasteiger partial charge in [-0.25, -0.2) is 17.2 Å². The molecule has 0 bridgehead atoms. The molecule has 1 aliphatic heterocycles. The van der Waals surface area contributed by atoms with E-state index in [1.54, 1.807) is 0 Å². The van der Waals surface area contributed by atoms with Crippen molar-refractivity contribution < 1.29 is 30.4 Å². The lowest BCUT2D eigenvalue weighted by Crippen LogP contribution is -2.52. The van der Waals surface area contributed by atoms with Crippen molar-refractivity contribution in [2.24, 2.45) is 4.99 Å². The zero-order valence-electron chi connectivity index (χ0n) is 15.9. The summed E-state index contributed by atoms with van der Waals surface area (Å²) >= 11 is 0. The molecule has 1 heterocycles. The molecule has 0 amide bonds. The number of piperidine rings is 1. The lowest BCUT2D eigenvalue weighted by atomic mass is 10.0. The Labute approximate surface area is 166 Å². The Kier molecular flexibility index (Phi) is 7.44. The Hall–Kier alpha value is -1.95.